The zero-order valence-corrected chi connectivity index (χ0v) is 9.90. The van der Waals surface area contributed by atoms with Gasteiger partial charge >= 0.3 is 0 Å². The van der Waals surface area contributed by atoms with Crippen molar-refractivity contribution in [2.45, 2.75) is 6.42 Å². The first-order valence-corrected chi connectivity index (χ1v) is 6.33. The van der Waals surface area contributed by atoms with Crippen molar-refractivity contribution in [3.63, 3.8) is 0 Å². The predicted molar refractivity (Wildman–Crippen MR) is 59.1 cm³/mol. The second-order valence-corrected chi connectivity index (χ2v) is 4.63. The second kappa shape index (κ2) is 11.1. The van der Waals surface area contributed by atoms with Gasteiger partial charge < -0.3 is 14.8 Å². The minimum atomic E-state index is -0.723. The third kappa shape index (κ3) is 10.1. The topological polar surface area (TPSA) is 47.6 Å². The Kier molecular flexibility index (Phi) is 11.1. The highest BCUT2D eigenvalue weighted by Gasteiger charge is 1.98. The molecule has 1 unspecified atom stereocenters. The second-order valence-electron chi connectivity index (χ2n) is 2.94. The fourth-order valence-electron chi connectivity index (χ4n) is 0.936. The number of methoxy groups -OCH3 is 2. The maximum absolute atomic E-state index is 11.3. The first-order valence-electron chi connectivity index (χ1n) is 4.84. The van der Waals surface area contributed by atoms with E-state index in [1.807, 2.05) is 0 Å². The van der Waals surface area contributed by atoms with Gasteiger partial charge in [0.05, 0.1) is 13.2 Å². The molecule has 4 nitrogen and oxygen atoms in total. The minimum absolute atomic E-state index is 0.587. The van der Waals surface area contributed by atoms with Gasteiger partial charge in [-0.2, -0.15) is 0 Å². The lowest BCUT2D eigenvalue weighted by Gasteiger charge is -2.03. The number of rotatable bonds is 10. The van der Waals surface area contributed by atoms with Gasteiger partial charge in [0, 0.05) is 43.1 Å². The summed E-state index contributed by atoms with van der Waals surface area (Å²) in [6.07, 6.45) is 0.944. The van der Waals surface area contributed by atoms with Crippen LogP contribution in [0.1, 0.15) is 6.42 Å². The van der Waals surface area contributed by atoms with E-state index in [2.05, 4.69) is 5.32 Å². The first kappa shape index (κ1) is 14.0. The normalized spacial score (nSPS) is 13.0. The number of hydrogen-bond acceptors (Lipinski definition) is 4. The maximum Gasteiger partial charge on any atom is 0.0587 e. The molecule has 86 valence electrons. The molecule has 0 radical (unpaired) electrons. The summed E-state index contributed by atoms with van der Waals surface area (Å²) in [6, 6.07) is 0. The molecular formula is C9H21NO3S. The molecule has 0 rings (SSSR count). The van der Waals surface area contributed by atoms with Crippen LogP contribution >= 0.6 is 0 Å². The summed E-state index contributed by atoms with van der Waals surface area (Å²) in [5.41, 5.74) is 0. The van der Waals surface area contributed by atoms with E-state index in [1.165, 1.54) is 0 Å². The van der Waals surface area contributed by atoms with E-state index < -0.39 is 10.8 Å². The molecule has 0 fully saturated rings. The Labute approximate surface area is 88.8 Å². The Balaban J connectivity index is 3.07. The Morgan fingerprint density at radius 3 is 2.43 bits per heavy atom. The van der Waals surface area contributed by atoms with E-state index in [0.717, 1.165) is 31.9 Å². The van der Waals surface area contributed by atoms with Gasteiger partial charge in [-0.25, -0.2) is 0 Å². The van der Waals surface area contributed by atoms with E-state index in [-0.39, 0.29) is 0 Å². The van der Waals surface area contributed by atoms with Crippen LogP contribution in [0.15, 0.2) is 0 Å². The molecule has 1 atom stereocenters. The fraction of sp³-hybridized carbons (Fsp3) is 1.00. The van der Waals surface area contributed by atoms with Crippen LogP contribution in [0.4, 0.5) is 0 Å². The van der Waals surface area contributed by atoms with Crippen LogP contribution in [0.5, 0.6) is 0 Å². The summed E-state index contributed by atoms with van der Waals surface area (Å²) in [5.74, 6) is 1.40. The van der Waals surface area contributed by atoms with Crippen molar-refractivity contribution < 1.29 is 13.7 Å². The van der Waals surface area contributed by atoms with Crippen LogP contribution < -0.4 is 5.32 Å². The monoisotopic (exact) mass is 223 g/mol. The van der Waals surface area contributed by atoms with Crippen molar-refractivity contribution >= 4 is 10.8 Å². The fourth-order valence-corrected chi connectivity index (χ4v) is 1.96. The average Bonchev–Trinajstić information content (AvgIpc) is 2.20. The summed E-state index contributed by atoms with van der Waals surface area (Å²) in [6.45, 7) is 3.08. The van der Waals surface area contributed by atoms with E-state index >= 15 is 0 Å². The molecule has 0 saturated carbocycles. The summed E-state index contributed by atoms with van der Waals surface area (Å²) in [7, 11) is 2.59. The molecule has 0 aromatic heterocycles. The molecular weight excluding hydrogens is 202 g/mol. The summed E-state index contributed by atoms with van der Waals surface area (Å²) in [5, 5.41) is 3.21. The van der Waals surface area contributed by atoms with Gasteiger partial charge in [0.15, 0.2) is 0 Å². The lowest BCUT2D eigenvalue weighted by atomic mass is 10.5. The quantitative estimate of drug-likeness (QED) is 0.530. The average molecular weight is 223 g/mol. The van der Waals surface area contributed by atoms with Gasteiger partial charge in [-0.3, -0.25) is 4.21 Å². The van der Waals surface area contributed by atoms with Crippen molar-refractivity contribution in [3.05, 3.63) is 0 Å². The van der Waals surface area contributed by atoms with Crippen molar-refractivity contribution in [1.82, 2.24) is 5.32 Å². The Bertz CT molecular complexity index is 144. The molecule has 0 heterocycles. The Hall–Kier alpha value is 0.0300. The standard InChI is InChI=1S/C9H21NO3S/c1-12-6-5-10-4-3-8-14(11)9-7-13-2/h10H,3-9H2,1-2H3. The molecule has 1 N–H and O–H groups in total. The van der Waals surface area contributed by atoms with Gasteiger partial charge in [-0.1, -0.05) is 0 Å². The third-order valence-corrected chi connectivity index (χ3v) is 3.09. The molecule has 14 heavy (non-hydrogen) atoms. The molecule has 0 aromatic carbocycles. The molecule has 0 aliphatic carbocycles. The highest BCUT2D eigenvalue weighted by atomic mass is 32.2. The zero-order chi connectivity index (χ0) is 10.6. The van der Waals surface area contributed by atoms with Gasteiger partial charge in [0.2, 0.25) is 0 Å². The lowest BCUT2D eigenvalue weighted by molar-refractivity contribution is 0.199. The smallest absolute Gasteiger partial charge is 0.0587 e. The van der Waals surface area contributed by atoms with E-state index in [4.69, 9.17) is 9.47 Å². The summed E-state index contributed by atoms with van der Waals surface area (Å²) >= 11 is 0. The lowest BCUT2D eigenvalue weighted by Crippen LogP contribution is -2.22. The zero-order valence-electron chi connectivity index (χ0n) is 9.08. The number of ether oxygens (including phenoxy) is 2. The maximum atomic E-state index is 11.3. The highest BCUT2D eigenvalue weighted by molar-refractivity contribution is 7.84. The van der Waals surface area contributed by atoms with Crippen molar-refractivity contribution in [1.29, 1.82) is 0 Å². The molecule has 0 aliphatic rings. The van der Waals surface area contributed by atoms with E-state index in [9.17, 15) is 4.21 Å². The van der Waals surface area contributed by atoms with Gasteiger partial charge in [-0.15, -0.1) is 0 Å². The van der Waals surface area contributed by atoms with Crippen LogP contribution in [0.2, 0.25) is 0 Å². The van der Waals surface area contributed by atoms with E-state index in [1.54, 1.807) is 14.2 Å². The largest absolute Gasteiger partial charge is 0.384 e. The molecule has 0 bridgehead atoms. The van der Waals surface area contributed by atoms with Crippen molar-refractivity contribution in [2.75, 3.05) is 52.0 Å². The summed E-state index contributed by atoms with van der Waals surface area (Å²) < 4.78 is 21.0. The van der Waals surface area contributed by atoms with Crippen LogP contribution in [0, 0.1) is 0 Å². The molecule has 0 aliphatic heterocycles. The first-order chi connectivity index (χ1) is 6.81. The van der Waals surface area contributed by atoms with Crippen LogP contribution in [0.25, 0.3) is 0 Å². The van der Waals surface area contributed by atoms with E-state index in [0.29, 0.717) is 12.4 Å². The molecule has 0 spiro atoms. The number of nitrogens with one attached hydrogen (secondary N) is 1. The SMILES string of the molecule is COCCNCCCS(=O)CCOC. The van der Waals surface area contributed by atoms with Crippen molar-refractivity contribution in [3.8, 4) is 0 Å². The van der Waals surface area contributed by atoms with Crippen LogP contribution in [-0.2, 0) is 20.3 Å². The third-order valence-electron chi connectivity index (χ3n) is 1.72. The van der Waals surface area contributed by atoms with Gasteiger partial charge in [-0.05, 0) is 13.0 Å². The Morgan fingerprint density at radius 2 is 1.79 bits per heavy atom. The molecule has 0 aromatic rings. The molecule has 0 amide bonds. The van der Waals surface area contributed by atoms with Gasteiger partial charge in [0.1, 0.15) is 0 Å². The van der Waals surface area contributed by atoms with Crippen LogP contribution in [-0.4, -0.2) is 56.2 Å². The molecule has 0 saturated heterocycles. The minimum Gasteiger partial charge on any atom is -0.384 e. The highest BCUT2D eigenvalue weighted by Crippen LogP contribution is 1.87. The Morgan fingerprint density at radius 1 is 1.07 bits per heavy atom. The van der Waals surface area contributed by atoms with Crippen molar-refractivity contribution in [2.24, 2.45) is 0 Å². The number of hydrogen-bond donors (Lipinski definition) is 1. The van der Waals surface area contributed by atoms with Crippen LogP contribution in [0.3, 0.4) is 0 Å². The summed E-state index contributed by atoms with van der Waals surface area (Å²) in [4.78, 5) is 0. The van der Waals surface area contributed by atoms with Gasteiger partial charge in [0.25, 0.3) is 0 Å². The molecule has 5 heteroatoms. The predicted octanol–water partition coefficient (Wildman–Crippen LogP) is 0.00760.